The summed E-state index contributed by atoms with van der Waals surface area (Å²) in [5, 5.41) is 34.6. The molecule has 4 aromatic rings. The predicted molar refractivity (Wildman–Crippen MR) is 153 cm³/mol. The summed E-state index contributed by atoms with van der Waals surface area (Å²) in [5.74, 6) is 0. The normalized spacial score (nSPS) is 14.3. The van der Waals surface area contributed by atoms with Gasteiger partial charge in [0, 0.05) is 28.8 Å². The number of nitriles is 1. The summed E-state index contributed by atoms with van der Waals surface area (Å²) in [6.07, 6.45) is -4.86. The lowest BCUT2D eigenvalue weighted by Crippen LogP contribution is -2.38. The largest absolute Gasteiger partial charge is 0.416 e. The van der Waals surface area contributed by atoms with E-state index in [9.17, 15) is 23.5 Å². The molecule has 0 saturated heterocycles. The molecule has 0 bridgehead atoms. The van der Waals surface area contributed by atoms with Gasteiger partial charge in [-0.05, 0) is 29.2 Å². The number of fused-ring (bicyclic) bond motifs is 1. The second kappa shape index (κ2) is 11.4. The molecule has 0 spiro atoms. The van der Waals surface area contributed by atoms with Crippen molar-refractivity contribution >= 4 is 53.3 Å². The summed E-state index contributed by atoms with van der Waals surface area (Å²) in [5.41, 5.74) is 0.213. The van der Waals surface area contributed by atoms with Crippen LogP contribution in [-0.2, 0) is 12.0 Å². The molecule has 2 unspecified atom stereocenters. The fraction of sp³-hybridized carbons (Fsp3) is 0.333. The molecule has 0 saturated carbocycles. The van der Waals surface area contributed by atoms with Crippen molar-refractivity contribution in [2.75, 3.05) is 17.2 Å². The lowest BCUT2D eigenvalue weighted by Gasteiger charge is -2.32. The lowest BCUT2D eigenvalue weighted by atomic mass is 9.69. The molecule has 4 rings (SSSR count). The minimum Gasteiger partial charge on any atom is -0.383 e. The van der Waals surface area contributed by atoms with Crippen LogP contribution in [-0.4, -0.2) is 51.8 Å². The van der Waals surface area contributed by atoms with Crippen LogP contribution in [0.3, 0.4) is 0 Å². The number of rotatable bonds is 8. The maximum atomic E-state index is 12.9. The number of aromatic nitrogens is 4. The molecular weight excluding hydrogens is 577 g/mol. The van der Waals surface area contributed by atoms with Gasteiger partial charge in [-0.1, -0.05) is 67.4 Å². The van der Waals surface area contributed by atoms with Crippen LogP contribution in [0.25, 0.3) is 10.9 Å². The molecule has 14 heteroatoms. The highest BCUT2D eigenvalue weighted by atomic mass is 35.5. The van der Waals surface area contributed by atoms with E-state index in [1.165, 1.54) is 12.4 Å². The fourth-order valence-corrected chi connectivity index (χ4v) is 4.64. The number of aliphatic hydroxyl groups excluding tert-OH is 1. The Balaban J connectivity index is 1.83. The molecule has 0 fully saturated rings. The van der Waals surface area contributed by atoms with Crippen molar-refractivity contribution in [3.05, 3.63) is 75.7 Å². The van der Waals surface area contributed by atoms with E-state index < -0.39 is 24.3 Å². The Morgan fingerprint density at radius 2 is 1.85 bits per heavy atom. The molecular formula is C27H25BCl2F3N7O. The van der Waals surface area contributed by atoms with Crippen molar-refractivity contribution < 1.29 is 18.3 Å². The third kappa shape index (κ3) is 6.69. The summed E-state index contributed by atoms with van der Waals surface area (Å²) in [6, 6.07) is 12.0. The van der Waals surface area contributed by atoms with Crippen LogP contribution >= 0.6 is 23.2 Å². The molecule has 0 aliphatic rings. The van der Waals surface area contributed by atoms with Gasteiger partial charge in [0.25, 0.3) is 0 Å². The third-order valence-electron chi connectivity index (χ3n) is 6.16. The van der Waals surface area contributed by atoms with Gasteiger partial charge in [0.15, 0.2) is 6.10 Å². The molecule has 2 aromatic carbocycles. The van der Waals surface area contributed by atoms with Crippen LogP contribution in [0.15, 0.2) is 48.8 Å². The molecule has 0 aliphatic carbocycles. The quantitative estimate of drug-likeness (QED) is 0.217. The molecule has 2 atom stereocenters. The lowest BCUT2D eigenvalue weighted by molar-refractivity contribution is -0.208. The molecule has 0 aliphatic heterocycles. The van der Waals surface area contributed by atoms with Gasteiger partial charge in [-0.3, -0.25) is 4.98 Å². The third-order valence-corrected chi connectivity index (χ3v) is 6.78. The van der Waals surface area contributed by atoms with Gasteiger partial charge in [0.05, 0.1) is 40.0 Å². The standard InChI is InChI=1S/C27H25BCl2F3N7O/c1-25(2,3)14-36-23-15(10-34)11-35-24-17(23)8-16(9-20(24)30)37-26(28,18-6-4-5-7-19(18)29)21-12-40(39-38-21)13-22(41)27(31,32)33/h4-9,11-12,22,37,41H,13-14H2,1-3H3,(H,35,36). The Morgan fingerprint density at radius 1 is 1.15 bits per heavy atom. The van der Waals surface area contributed by atoms with Crippen LogP contribution in [0.5, 0.6) is 0 Å². The molecule has 2 aromatic heterocycles. The van der Waals surface area contributed by atoms with E-state index >= 15 is 0 Å². The predicted octanol–water partition coefficient (Wildman–Crippen LogP) is 5.87. The Hall–Kier alpha value is -3.53. The highest BCUT2D eigenvalue weighted by molar-refractivity contribution is 6.36. The van der Waals surface area contributed by atoms with Gasteiger partial charge in [0.2, 0.25) is 0 Å². The number of alkyl halides is 3. The number of halogens is 5. The van der Waals surface area contributed by atoms with Crippen molar-refractivity contribution in [3.63, 3.8) is 0 Å². The number of hydrogen-bond acceptors (Lipinski definition) is 7. The average Bonchev–Trinajstić information content (AvgIpc) is 3.35. The first-order chi connectivity index (χ1) is 19.1. The Kier molecular flexibility index (Phi) is 8.46. The van der Waals surface area contributed by atoms with Crippen LogP contribution in [0.1, 0.15) is 37.6 Å². The minimum atomic E-state index is -4.84. The number of nitrogens with zero attached hydrogens (tertiary/aromatic N) is 5. The highest BCUT2D eigenvalue weighted by Crippen LogP contribution is 2.38. The van der Waals surface area contributed by atoms with Crippen LogP contribution in [0.4, 0.5) is 24.5 Å². The Bertz CT molecular complexity index is 1620. The first-order valence-electron chi connectivity index (χ1n) is 12.4. The number of benzene rings is 2. The molecule has 41 heavy (non-hydrogen) atoms. The first-order valence-corrected chi connectivity index (χ1v) is 13.1. The zero-order valence-electron chi connectivity index (χ0n) is 22.3. The van der Waals surface area contributed by atoms with Gasteiger partial charge in [-0.25, -0.2) is 4.68 Å². The van der Waals surface area contributed by atoms with Gasteiger partial charge in [0.1, 0.15) is 19.6 Å². The fourth-order valence-electron chi connectivity index (χ4n) is 4.09. The molecule has 212 valence electrons. The van der Waals surface area contributed by atoms with E-state index in [4.69, 9.17) is 31.0 Å². The van der Waals surface area contributed by atoms with E-state index in [2.05, 4.69) is 32.0 Å². The van der Waals surface area contributed by atoms with E-state index in [0.29, 0.717) is 39.9 Å². The Morgan fingerprint density at radius 3 is 2.49 bits per heavy atom. The van der Waals surface area contributed by atoms with Gasteiger partial charge in [-0.2, -0.15) is 18.4 Å². The summed E-state index contributed by atoms with van der Waals surface area (Å²) in [7, 11) is 6.88. The van der Waals surface area contributed by atoms with E-state index in [1.54, 1.807) is 36.4 Å². The number of nitrogens with one attached hydrogen (secondary N) is 2. The number of hydrogen-bond donors (Lipinski definition) is 3. The minimum absolute atomic E-state index is 0.0196. The smallest absolute Gasteiger partial charge is 0.383 e. The van der Waals surface area contributed by atoms with Gasteiger partial charge < -0.3 is 15.7 Å². The number of pyridine rings is 1. The zero-order valence-corrected chi connectivity index (χ0v) is 23.8. The van der Waals surface area contributed by atoms with Crippen molar-refractivity contribution in [2.45, 2.75) is 45.0 Å². The Labute approximate surface area is 245 Å². The molecule has 8 nitrogen and oxygen atoms in total. The van der Waals surface area contributed by atoms with E-state index in [-0.39, 0.29) is 21.2 Å². The zero-order chi connectivity index (χ0) is 30.2. The number of aliphatic hydroxyl groups is 1. The summed E-state index contributed by atoms with van der Waals surface area (Å²) in [4.78, 5) is 4.36. The topological polar surface area (TPSA) is 112 Å². The highest BCUT2D eigenvalue weighted by Gasteiger charge is 2.39. The maximum absolute atomic E-state index is 12.9. The van der Waals surface area contributed by atoms with Crippen LogP contribution < -0.4 is 10.6 Å². The van der Waals surface area contributed by atoms with Gasteiger partial charge in [-0.15, -0.1) is 5.10 Å². The van der Waals surface area contributed by atoms with Crippen LogP contribution in [0, 0.1) is 16.7 Å². The van der Waals surface area contributed by atoms with E-state index in [1.807, 2.05) is 20.8 Å². The van der Waals surface area contributed by atoms with Crippen molar-refractivity contribution in [2.24, 2.45) is 5.41 Å². The molecule has 2 radical (unpaired) electrons. The first kappa shape index (κ1) is 30.4. The summed E-state index contributed by atoms with van der Waals surface area (Å²) in [6.45, 7) is 5.79. The second-order valence-corrected chi connectivity index (χ2v) is 11.5. The van der Waals surface area contributed by atoms with Crippen molar-refractivity contribution in [1.29, 1.82) is 5.26 Å². The summed E-state index contributed by atoms with van der Waals surface area (Å²) >= 11 is 13.1. The van der Waals surface area contributed by atoms with Crippen molar-refractivity contribution in [3.8, 4) is 6.07 Å². The van der Waals surface area contributed by atoms with Gasteiger partial charge >= 0.3 is 6.18 Å². The molecule has 3 N–H and O–H groups in total. The molecule has 2 heterocycles. The van der Waals surface area contributed by atoms with Crippen molar-refractivity contribution in [1.82, 2.24) is 20.0 Å². The summed E-state index contributed by atoms with van der Waals surface area (Å²) < 4.78 is 39.7. The second-order valence-electron chi connectivity index (χ2n) is 10.7. The maximum Gasteiger partial charge on any atom is 0.416 e. The molecule has 0 amide bonds. The van der Waals surface area contributed by atoms with Crippen LogP contribution in [0.2, 0.25) is 10.0 Å². The number of anilines is 2. The van der Waals surface area contributed by atoms with E-state index in [0.717, 1.165) is 4.68 Å². The average molecular weight is 602 g/mol. The SMILES string of the molecule is [B]C(Nc1cc(Cl)c2ncc(C#N)c(NCC(C)(C)C)c2c1)(c1cn(CC(O)C(F)(F)F)nn1)c1ccccc1Cl. The monoisotopic (exact) mass is 601 g/mol.